The number of nitrogens with zero attached hydrogens (tertiary/aromatic N) is 3. The summed E-state index contributed by atoms with van der Waals surface area (Å²) in [5, 5.41) is 1.13. The number of halogens is 1. The van der Waals surface area contributed by atoms with Gasteiger partial charge in [-0.05, 0) is 53.6 Å². The average molecular weight is 452 g/mol. The van der Waals surface area contributed by atoms with Crippen LogP contribution in [0.4, 0.5) is 4.39 Å². The Bertz CT molecular complexity index is 1540. The molecule has 0 unspecified atom stereocenters. The molecule has 0 bridgehead atoms. The normalized spacial score (nSPS) is 13.8. The van der Waals surface area contributed by atoms with E-state index in [1.807, 2.05) is 30.3 Å². The predicted molar refractivity (Wildman–Crippen MR) is 130 cm³/mol. The predicted octanol–water partition coefficient (Wildman–Crippen LogP) is 4.68. The topological polar surface area (TPSA) is 77.7 Å². The zero-order valence-electron chi connectivity index (χ0n) is 18.4. The van der Waals surface area contributed by atoms with Gasteiger partial charge in [0.1, 0.15) is 11.6 Å². The third-order valence-corrected chi connectivity index (χ3v) is 6.41. The molecule has 0 aliphatic carbocycles. The number of nitrogens with one attached hydrogen (secondary N) is 2. The van der Waals surface area contributed by atoms with E-state index in [1.54, 1.807) is 24.5 Å². The zero-order chi connectivity index (χ0) is 23.1. The van der Waals surface area contributed by atoms with Crippen molar-refractivity contribution in [2.24, 2.45) is 0 Å². The van der Waals surface area contributed by atoms with Gasteiger partial charge in [-0.25, -0.2) is 9.37 Å². The van der Waals surface area contributed by atoms with Crippen LogP contribution in [0.5, 0.6) is 0 Å². The van der Waals surface area contributed by atoms with Crippen molar-refractivity contribution < 1.29 is 4.39 Å². The lowest BCUT2D eigenvalue weighted by Gasteiger charge is -2.28. The van der Waals surface area contributed by atoms with Crippen LogP contribution in [0.2, 0.25) is 0 Å². The third-order valence-electron chi connectivity index (χ3n) is 6.41. The second-order valence-corrected chi connectivity index (χ2v) is 8.57. The fraction of sp³-hybridized carbons (Fsp3) is 0.148. The Morgan fingerprint density at radius 3 is 2.65 bits per heavy atom. The number of fused-ring (bicyclic) bond motifs is 2. The molecule has 0 amide bonds. The molecular weight excluding hydrogens is 429 g/mol. The molecule has 1 aliphatic rings. The van der Waals surface area contributed by atoms with Crippen molar-refractivity contribution in [1.82, 2.24) is 24.8 Å². The number of para-hydroxylation sites is 1. The first kappa shape index (κ1) is 20.5. The molecule has 0 radical (unpaired) electrons. The van der Waals surface area contributed by atoms with Gasteiger partial charge in [0, 0.05) is 54.9 Å². The van der Waals surface area contributed by atoms with Crippen molar-refractivity contribution in [2.45, 2.75) is 19.5 Å². The zero-order valence-corrected chi connectivity index (χ0v) is 18.4. The summed E-state index contributed by atoms with van der Waals surface area (Å²) >= 11 is 0. The minimum Gasteiger partial charge on any atom is -0.354 e. The van der Waals surface area contributed by atoms with Gasteiger partial charge in [0.2, 0.25) is 0 Å². The van der Waals surface area contributed by atoms with Crippen LogP contribution < -0.4 is 5.56 Å². The molecule has 34 heavy (non-hydrogen) atoms. The van der Waals surface area contributed by atoms with Gasteiger partial charge in [-0.2, -0.15) is 0 Å². The van der Waals surface area contributed by atoms with Crippen LogP contribution >= 0.6 is 0 Å². The van der Waals surface area contributed by atoms with Crippen molar-refractivity contribution in [2.75, 3.05) is 6.54 Å². The number of rotatable bonds is 4. The first-order chi connectivity index (χ1) is 16.7. The molecule has 168 valence electrons. The summed E-state index contributed by atoms with van der Waals surface area (Å²) in [4.78, 5) is 30.5. The lowest BCUT2D eigenvalue weighted by molar-refractivity contribution is 0.243. The minimum atomic E-state index is -0.258. The highest BCUT2D eigenvalue weighted by molar-refractivity contribution is 5.90. The number of hydrogen-bond acceptors (Lipinski definition) is 4. The molecule has 0 saturated carbocycles. The Morgan fingerprint density at radius 2 is 1.82 bits per heavy atom. The monoisotopic (exact) mass is 451 g/mol. The van der Waals surface area contributed by atoms with E-state index in [-0.39, 0.29) is 11.4 Å². The summed E-state index contributed by atoms with van der Waals surface area (Å²) in [5.41, 5.74) is 6.34. The summed E-state index contributed by atoms with van der Waals surface area (Å²) in [6.07, 6.45) is 4.09. The quantitative estimate of drug-likeness (QED) is 0.416. The van der Waals surface area contributed by atoms with E-state index < -0.39 is 0 Å². The van der Waals surface area contributed by atoms with Gasteiger partial charge in [0.15, 0.2) is 0 Å². The second kappa shape index (κ2) is 8.35. The molecular formula is C27H22FN5O. The molecule has 3 aromatic heterocycles. The van der Waals surface area contributed by atoms with Crippen molar-refractivity contribution in [3.63, 3.8) is 0 Å². The number of pyridine rings is 1. The SMILES string of the molecule is O=c1[nH]c(-c2cccnc2)nc2c1CN(Cc1c(-c3ccc(F)cc3)[nH]c3ccccc13)CC2. The maximum Gasteiger partial charge on any atom is 0.255 e. The summed E-state index contributed by atoms with van der Waals surface area (Å²) in [6.45, 7) is 1.98. The van der Waals surface area contributed by atoms with Gasteiger partial charge in [0.05, 0.1) is 17.0 Å². The van der Waals surface area contributed by atoms with E-state index in [1.165, 1.54) is 12.1 Å². The Balaban J connectivity index is 1.34. The lowest BCUT2D eigenvalue weighted by atomic mass is 10.0. The van der Waals surface area contributed by atoms with Crippen LogP contribution in [0.15, 0.2) is 77.9 Å². The molecule has 6 rings (SSSR count). The molecule has 7 heteroatoms. The molecule has 2 N–H and O–H groups in total. The fourth-order valence-electron chi connectivity index (χ4n) is 4.71. The lowest BCUT2D eigenvalue weighted by Crippen LogP contribution is -2.35. The van der Waals surface area contributed by atoms with Crippen molar-refractivity contribution in [3.05, 3.63) is 106 Å². The molecule has 6 nitrogen and oxygen atoms in total. The molecule has 0 fully saturated rings. The molecule has 1 aliphatic heterocycles. The summed E-state index contributed by atoms with van der Waals surface area (Å²) in [5.74, 6) is 0.298. The molecule has 0 atom stereocenters. The standard InChI is InChI=1S/C27H22FN5O/c28-19-9-7-17(8-10-19)25-21(20-5-1-2-6-23(20)30-25)15-33-13-11-24-22(16-33)27(34)32-26(31-24)18-4-3-12-29-14-18/h1-10,12,14,30H,11,13,15-16H2,(H,31,32,34). The van der Waals surface area contributed by atoms with E-state index in [0.29, 0.717) is 30.9 Å². The molecule has 0 saturated heterocycles. The second-order valence-electron chi connectivity index (χ2n) is 8.57. The van der Waals surface area contributed by atoms with E-state index in [0.717, 1.165) is 45.5 Å². The summed E-state index contributed by atoms with van der Waals surface area (Å²) < 4.78 is 13.5. The highest BCUT2D eigenvalue weighted by Crippen LogP contribution is 2.32. The van der Waals surface area contributed by atoms with Crippen LogP contribution in [-0.2, 0) is 19.5 Å². The van der Waals surface area contributed by atoms with Crippen LogP contribution in [0.3, 0.4) is 0 Å². The Labute approximate surface area is 195 Å². The maximum atomic E-state index is 13.5. The highest BCUT2D eigenvalue weighted by Gasteiger charge is 2.24. The Kier molecular flexibility index (Phi) is 5.04. The van der Waals surface area contributed by atoms with Crippen molar-refractivity contribution >= 4 is 10.9 Å². The van der Waals surface area contributed by atoms with Gasteiger partial charge in [-0.15, -0.1) is 0 Å². The van der Waals surface area contributed by atoms with E-state index in [2.05, 4.69) is 25.9 Å². The minimum absolute atomic E-state index is 0.105. The fourth-order valence-corrected chi connectivity index (χ4v) is 4.71. The Morgan fingerprint density at radius 1 is 0.971 bits per heavy atom. The number of aromatic nitrogens is 4. The summed E-state index contributed by atoms with van der Waals surface area (Å²) in [7, 11) is 0. The smallest absolute Gasteiger partial charge is 0.255 e. The largest absolute Gasteiger partial charge is 0.354 e. The number of aromatic amines is 2. The van der Waals surface area contributed by atoms with E-state index >= 15 is 0 Å². The van der Waals surface area contributed by atoms with Gasteiger partial charge in [-0.3, -0.25) is 14.7 Å². The van der Waals surface area contributed by atoms with E-state index in [9.17, 15) is 9.18 Å². The van der Waals surface area contributed by atoms with Gasteiger partial charge in [0.25, 0.3) is 5.56 Å². The first-order valence-electron chi connectivity index (χ1n) is 11.3. The number of hydrogen-bond donors (Lipinski definition) is 2. The van der Waals surface area contributed by atoms with Crippen LogP contribution in [-0.4, -0.2) is 31.4 Å². The van der Waals surface area contributed by atoms with Crippen molar-refractivity contribution in [3.8, 4) is 22.6 Å². The number of H-pyrrole nitrogens is 2. The summed E-state index contributed by atoms with van der Waals surface area (Å²) in [6, 6.07) is 18.4. The third kappa shape index (κ3) is 3.70. The molecule has 0 spiro atoms. The van der Waals surface area contributed by atoms with Crippen molar-refractivity contribution in [1.29, 1.82) is 0 Å². The van der Waals surface area contributed by atoms with Gasteiger partial charge in [-0.1, -0.05) is 18.2 Å². The molecule has 2 aromatic carbocycles. The van der Waals surface area contributed by atoms with Crippen LogP contribution in [0.1, 0.15) is 16.8 Å². The Hall–Kier alpha value is -4.10. The van der Waals surface area contributed by atoms with Gasteiger partial charge < -0.3 is 9.97 Å². The first-order valence-corrected chi connectivity index (χ1v) is 11.3. The van der Waals surface area contributed by atoms with E-state index in [4.69, 9.17) is 4.98 Å². The van der Waals surface area contributed by atoms with Gasteiger partial charge >= 0.3 is 0 Å². The van der Waals surface area contributed by atoms with Crippen LogP contribution in [0, 0.1) is 5.82 Å². The van der Waals surface area contributed by atoms with Crippen LogP contribution in [0.25, 0.3) is 33.5 Å². The highest BCUT2D eigenvalue weighted by atomic mass is 19.1. The number of benzene rings is 2. The maximum absolute atomic E-state index is 13.5. The molecule has 4 heterocycles. The average Bonchev–Trinajstić information content (AvgIpc) is 3.23. The molecule has 5 aromatic rings.